The smallest absolute Gasteiger partial charge is 0.329 e. The Morgan fingerprint density at radius 2 is 1.70 bits per heavy atom. The summed E-state index contributed by atoms with van der Waals surface area (Å²) in [5, 5.41) is 9.19. The van der Waals surface area contributed by atoms with Crippen LogP contribution in [0.4, 0.5) is 10.5 Å². The third kappa shape index (κ3) is 2.92. The average Bonchev–Trinajstić information content (AvgIpc) is 2.36. The van der Waals surface area contributed by atoms with Gasteiger partial charge in [0.2, 0.25) is 0 Å². The van der Waals surface area contributed by atoms with Gasteiger partial charge in [-0.05, 0) is 39.3 Å². The van der Waals surface area contributed by atoms with Gasteiger partial charge in [-0.15, -0.1) is 0 Å². The quantitative estimate of drug-likeness (QED) is 0.924. The maximum atomic E-state index is 12.4. The summed E-state index contributed by atoms with van der Waals surface area (Å²) in [6.45, 7) is 6.92. The molecule has 110 valence electrons. The van der Waals surface area contributed by atoms with Gasteiger partial charge < -0.3 is 10.0 Å². The Morgan fingerprint density at radius 3 is 2.15 bits per heavy atom. The molecule has 0 fully saturated rings. The number of carboxylic acid groups (broad SMARTS) is 1. The van der Waals surface area contributed by atoms with Crippen LogP contribution in [0, 0.1) is 13.8 Å². The van der Waals surface area contributed by atoms with Crippen molar-refractivity contribution in [3.8, 4) is 0 Å². The number of hydrogen-bond acceptors (Lipinski definition) is 2. The standard InChI is InChI=1S/C15H22N2O3/c1-10-7-8-12(11(2)9-10)16(5)14(20)17(6)15(3,4)13(18)19/h7-9H,1-6H3,(H,18,19). The van der Waals surface area contributed by atoms with E-state index >= 15 is 0 Å². The van der Waals surface area contributed by atoms with Gasteiger partial charge in [-0.2, -0.15) is 0 Å². The minimum atomic E-state index is -1.26. The lowest BCUT2D eigenvalue weighted by Gasteiger charge is -2.35. The molecule has 1 N–H and O–H groups in total. The molecule has 20 heavy (non-hydrogen) atoms. The minimum Gasteiger partial charge on any atom is -0.480 e. The fraction of sp³-hybridized carbons (Fsp3) is 0.467. The molecule has 5 heteroatoms. The van der Waals surface area contributed by atoms with Crippen LogP contribution in [0.25, 0.3) is 0 Å². The number of carbonyl (C=O) groups excluding carboxylic acids is 1. The Kier molecular flexibility index (Phi) is 4.43. The van der Waals surface area contributed by atoms with Gasteiger partial charge in [-0.3, -0.25) is 4.90 Å². The van der Waals surface area contributed by atoms with Gasteiger partial charge in [0.25, 0.3) is 0 Å². The Bertz CT molecular complexity index is 538. The number of nitrogens with zero attached hydrogens (tertiary/aromatic N) is 2. The van der Waals surface area contributed by atoms with Gasteiger partial charge in [0, 0.05) is 19.8 Å². The van der Waals surface area contributed by atoms with E-state index < -0.39 is 11.5 Å². The first kappa shape index (κ1) is 16.0. The fourth-order valence-corrected chi connectivity index (χ4v) is 1.89. The second-order valence-corrected chi connectivity index (χ2v) is 5.55. The van der Waals surface area contributed by atoms with Crippen LogP contribution in [-0.4, -0.2) is 41.6 Å². The lowest BCUT2D eigenvalue weighted by molar-refractivity contribution is -0.146. The molecular weight excluding hydrogens is 256 g/mol. The summed E-state index contributed by atoms with van der Waals surface area (Å²) >= 11 is 0. The zero-order chi connectivity index (χ0) is 15.7. The first-order chi connectivity index (χ1) is 9.09. The van der Waals surface area contributed by atoms with Crippen LogP contribution in [0.5, 0.6) is 0 Å². The summed E-state index contributed by atoms with van der Waals surface area (Å²) in [6.07, 6.45) is 0. The highest BCUT2D eigenvalue weighted by Crippen LogP contribution is 2.23. The number of hydrogen-bond donors (Lipinski definition) is 1. The molecule has 1 aromatic carbocycles. The third-order valence-electron chi connectivity index (χ3n) is 3.65. The van der Waals surface area contributed by atoms with Crippen LogP contribution in [0.2, 0.25) is 0 Å². The van der Waals surface area contributed by atoms with Crippen molar-refractivity contribution in [3.63, 3.8) is 0 Å². The molecule has 2 amide bonds. The Balaban J connectivity index is 3.05. The van der Waals surface area contributed by atoms with Crippen molar-refractivity contribution in [2.24, 2.45) is 0 Å². The van der Waals surface area contributed by atoms with Crippen molar-refractivity contribution in [1.82, 2.24) is 4.90 Å². The Hall–Kier alpha value is -2.04. The molecular formula is C15H22N2O3. The van der Waals surface area contributed by atoms with Gasteiger partial charge in [0.1, 0.15) is 5.54 Å². The van der Waals surface area contributed by atoms with Crippen LogP contribution in [-0.2, 0) is 4.79 Å². The van der Waals surface area contributed by atoms with Crippen molar-refractivity contribution >= 4 is 17.7 Å². The maximum Gasteiger partial charge on any atom is 0.329 e. The van der Waals surface area contributed by atoms with E-state index in [-0.39, 0.29) is 6.03 Å². The second kappa shape index (κ2) is 5.53. The van der Waals surface area contributed by atoms with Crippen LogP contribution < -0.4 is 4.90 Å². The first-order valence-electron chi connectivity index (χ1n) is 6.41. The molecule has 0 heterocycles. The van der Waals surface area contributed by atoms with E-state index in [2.05, 4.69) is 0 Å². The fourth-order valence-electron chi connectivity index (χ4n) is 1.89. The minimum absolute atomic E-state index is 0.357. The number of carbonyl (C=O) groups is 2. The van der Waals surface area contributed by atoms with Gasteiger partial charge in [0.05, 0.1) is 0 Å². The zero-order valence-corrected chi connectivity index (χ0v) is 12.9. The molecule has 0 radical (unpaired) electrons. The summed E-state index contributed by atoms with van der Waals surface area (Å²) in [7, 11) is 3.14. The summed E-state index contributed by atoms with van der Waals surface area (Å²) in [4.78, 5) is 26.3. The normalized spacial score (nSPS) is 11.1. The second-order valence-electron chi connectivity index (χ2n) is 5.55. The highest BCUT2D eigenvalue weighted by Gasteiger charge is 2.36. The van der Waals surface area contributed by atoms with Gasteiger partial charge in [-0.1, -0.05) is 17.7 Å². The largest absolute Gasteiger partial charge is 0.480 e. The lowest BCUT2D eigenvalue weighted by atomic mass is 10.0. The van der Waals surface area contributed by atoms with Crippen LogP contribution >= 0.6 is 0 Å². The highest BCUT2D eigenvalue weighted by molar-refractivity contribution is 5.95. The van der Waals surface area contributed by atoms with Crippen molar-refractivity contribution in [1.29, 1.82) is 0 Å². The first-order valence-corrected chi connectivity index (χ1v) is 6.41. The number of amides is 2. The van der Waals surface area contributed by atoms with E-state index in [0.717, 1.165) is 16.8 Å². The predicted octanol–water partition coefficient (Wildman–Crippen LogP) is 2.65. The third-order valence-corrected chi connectivity index (χ3v) is 3.65. The van der Waals surface area contributed by atoms with Crippen molar-refractivity contribution in [2.45, 2.75) is 33.2 Å². The summed E-state index contributed by atoms with van der Waals surface area (Å²) in [5.41, 5.74) is 1.60. The highest BCUT2D eigenvalue weighted by atomic mass is 16.4. The molecule has 1 aromatic rings. The monoisotopic (exact) mass is 278 g/mol. The molecule has 0 atom stereocenters. The molecule has 1 rings (SSSR count). The van der Waals surface area contributed by atoms with E-state index in [1.165, 1.54) is 30.7 Å². The SMILES string of the molecule is Cc1ccc(N(C)C(=O)N(C)C(C)(C)C(=O)O)c(C)c1. The van der Waals surface area contributed by atoms with E-state index in [4.69, 9.17) is 0 Å². The molecule has 0 spiro atoms. The number of benzene rings is 1. The number of likely N-dealkylation sites (N-methyl/N-ethyl adjacent to an activating group) is 1. The van der Waals surface area contributed by atoms with Crippen LogP contribution in [0.15, 0.2) is 18.2 Å². The molecule has 0 unspecified atom stereocenters. The lowest BCUT2D eigenvalue weighted by Crippen LogP contribution is -2.54. The van der Waals surface area contributed by atoms with Crippen molar-refractivity contribution < 1.29 is 14.7 Å². The van der Waals surface area contributed by atoms with E-state index in [1.54, 1.807) is 7.05 Å². The number of anilines is 1. The number of carboxylic acids is 1. The summed E-state index contributed by atoms with van der Waals surface area (Å²) < 4.78 is 0. The Labute approximate surface area is 119 Å². The summed E-state index contributed by atoms with van der Waals surface area (Å²) in [6, 6.07) is 5.42. The van der Waals surface area contributed by atoms with E-state index in [9.17, 15) is 14.7 Å². The van der Waals surface area contributed by atoms with E-state index in [0.29, 0.717) is 0 Å². The Morgan fingerprint density at radius 1 is 1.15 bits per heavy atom. The molecule has 0 aliphatic rings. The van der Waals surface area contributed by atoms with Crippen molar-refractivity contribution in [2.75, 3.05) is 19.0 Å². The average molecular weight is 278 g/mol. The summed E-state index contributed by atoms with van der Waals surface area (Å²) in [5.74, 6) is -1.04. The molecule has 0 bridgehead atoms. The van der Waals surface area contributed by atoms with Gasteiger partial charge >= 0.3 is 12.0 Å². The zero-order valence-electron chi connectivity index (χ0n) is 12.9. The molecule has 0 saturated carbocycles. The number of rotatable bonds is 3. The molecule has 0 aliphatic carbocycles. The molecule has 0 saturated heterocycles. The van der Waals surface area contributed by atoms with Gasteiger partial charge in [0.15, 0.2) is 0 Å². The van der Waals surface area contributed by atoms with Crippen molar-refractivity contribution in [3.05, 3.63) is 29.3 Å². The topological polar surface area (TPSA) is 60.9 Å². The predicted molar refractivity (Wildman–Crippen MR) is 79.2 cm³/mol. The molecule has 0 aliphatic heterocycles. The number of aliphatic carboxylic acids is 1. The number of urea groups is 1. The van der Waals surface area contributed by atoms with Crippen LogP contribution in [0.1, 0.15) is 25.0 Å². The molecule has 5 nitrogen and oxygen atoms in total. The molecule has 0 aromatic heterocycles. The van der Waals surface area contributed by atoms with Gasteiger partial charge in [-0.25, -0.2) is 9.59 Å². The number of aryl methyl sites for hydroxylation is 2. The maximum absolute atomic E-state index is 12.4. The van der Waals surface area contributed by atoms with Crippen LogP contribution in [0.3, 0.4) is 0 Å². The van der Waals surface area contributed by atoms with E-state index in [1.807, 2.05) is 32.0 Å².